The van der Waals surface area contributed by atoms with Crippen LogP contribution in [0.1, 0.15) is 79.1 Å². The van der Waals surface area contributed by atoms with Gasteiger partial charge in [-0.25, -0.2) is 0 Å². The fraction of sp³-hybridized carbons (Fsp3) is 0.857. The molecule has 9 nitrogen and oxygen atoms in total. The fourth-order valence-electron chi connectivity index (χ4n) is 3.26. The minimum atomic E-state index is -1.66. The lowest BCUT2D eigenvalue weighted by Gasteiger charge is -2.24. The maximum atomic E-state index is 12.8. The number of amides is 2. The van der Waals surface area contributed by atoms with Gasteiger partial charge < -0.3 is 31.7 Å². The number of rotatable bonds is 16. The van der Waals surface area contributed by atoms with Crippen molar-refractivity contribution < 1.29 is 19.6 Å². The van der Waals surface area contributed by atoms with Crippen molar-refractivity contribution in [2.24, 2.45) is 22.6 Å². The zero-order valence-electron chi connectivity index (χ0n) is 20.0. The average molecular weight is 441 g/mol. The van der Waals surface area contributed by atoms with Crippen molar-refractivity contribution in [2.45, 2.75) is 91.0 Å². The van der Waals surface area contributed by atoms with Crippen molar-refractivity contribution in [3.8, 4) is 0 Å². The summed E-state index contributed by atoms with van der Waals surface area (Å²) in [5, 5.41) is 27.7. The molecule has 0 aliphatic carbocycles. The first kappa shape index (κ1) is 29.2. The Balaban J connectivity index is 4.92. The fourth-order valence-corrected chi connectivity index (χ4v) is 3.26. The second kappa shape index (κ2) is 16.8. The molecule has 2 amide bonds. The van der Waals surface area contributed by atoms with E-state index in [1.54, 1.807) is 7.05 Å². The maximum Gasteiger partial charge on any atom is 0.475 e. The lowest BCUT2D eigenvalue weighted by Crippen LogP contribution is -2.54. The Labute approximate surface area is 188 Å². The molecule has 3 atom stereocenters. The molecule has 180 valence electrons. The molecule has 1 unspecified atom stereocenters. The molecule has 0 spiro atoms. The van der Waals surface area contributed by atoms with Crippen LogP contribution in [0.15, 0.2) is 4.99 Å². The van der Waals surface area contributed by atoms with Gasteiger partial charge in [0.05, 0.1) is 5.94 Å². The Morgan fingerprint density at radius 1 is 1.06 bits per heavy atom. The molecular formula is C21H44BN5O4. The smallest absolute Gasteiger partial charge is 0.426 e. The highest BCUT2D eigenvalue weighted by atomic mass is 16.4. The average Bonchev–Trinajstić information content (AvgIpc) is 2.71. The van der Waals surface area contributed by atoms with E-state index in [1.165, 1.54) is 0 Å². The van der Waals surface area contributed by atoms with E-state index in [9.17, 15) is 19.6 Å². The van der Waals surface area contributed by atoms with Gasteiger partial charge in [-0.2, -0.15) is 0 Å². The van der Waals surface area contributed by atoms with Crippen molar-refractivity contribution in [3.05, 3.63) is 0 Å². The number of nitrogens with two attached hydrogens (primary N) is 1. The first-order chi connectivity index (χ1) is 14.6. The number of carbonyl (C=O) groups excluding carboxylic acids is 2. The number of hydrogen-bond donors (Lipinski definition) is 6. The van der Waals surface area contributed by atoms with Crippen LogP contribution in [-0.4, -0.2) is 60.5 Å². The topological polar surface area (TPSA) is 149 Å². The highest BCUT2D eigenvalue weighted by Gasteiger charge is 2.29. The molecule has 0 radical (unpaired) electrons. The van der Waals surface area contributed by atoms with Crippen LogP contribution >= 0.6 is 0 Å². The summed E-state index contributed by atoms with van der Waals surface area (Å²) in [5.41, 5.74) is 5.61. The van der Waals surface area contributed by atoms with Gasteiger partial charge in [-0.15, -0.1) is 0 Å². The van der Waals surface area contributed by atoms with E-state index in [-0.39, 0.29) is 11.8 Å². The predicted octanol–water partition coefficient (Wildman–Crippen LogP) is 0.935. The molecule has 0 aliphatic rings. The Morgan fingerprint density at radius 3 is 2.29 bits per heavy atom. The van der Waals surface area contributed by atoms with Crippen molar-refractivity contribution in [1.29, 1.82) is 0 Å². The Bertz CT molecular complexity index is 546. The minimum Gasteiger partial charge on any atom is -0.426 e. The van der Waals surface area contributed by atoms with Gasteiger partial charge in [0.25, 0.3) is 0 Å². The van der Waals surface area contributed by atoms with E-state index in [1.807, 2.05) is 13.8 Å². The van der Waals surface area contributed by atoms with E-state index in [4.69, 9.17) is 5.73 Å². The predicted molar refractivity (Wildman–Crippen MR) is 126 cm³/mol. The number of guanidine groups is 1. The molecule has 0 aromatic heterocycles. The number of unbranched alkanes of at least 4 members (excludes halogenated alkanes) is 1. The number of nitrogens with zero attached hydrogens (tertiary/aromatic N) is 1. The van der Waals surface area contributed by atoms with Crippen LogP contribution in [0.5, 0.6) is 0 Å². The summed E-state index contributed by atoms with van der Waals surface area (Å²) in [6.07, 6.45) is 5.90. The molecule has 0 aromatic rings. The molecule has 31 heavy (non-hydrogen) atoms. The van der Waals surface area contributed by atoms with Crippen molar-refractivity contribution in [3.63, 3.8) is 0 Å². The third kappa shape index (κ3) is 14.8. The van der Waals surface area contributed by atoms with Crippen molar-refractivity contribution >= 4 is 24.9 Å². The second-order valence-corrected chi connectivity index (χ2v) is 8.74. The van der Waals surface area contributed by atoms with Gasteiger partial charge >= 0.3 is 7.12 Å². The SMILES string of the molecule is CCCCC(C)CCC(=O)N[C@@H](CCCNC(N)=NC)C(=O)N[C@@H](CC(C)C)B(O)O. The quantitative estimate of drug-likeness (QED) is 0.0909. The summed E-state index contributed by atoms with van der Waals surface area (Å²) in [6, 6.07) is -0.756. The lowest BCUT2D eigenvalue weighted by molar-refractivity contribution is -0.129. The summed E-state index contributed by atoms with van der Waals surface area (Å²) >= 11 is 0. The monoisotopic (exact) mass is 441 g/mol. The number of hydrogen-bond acceptors (Lipinski definition) is 5. The molecule has 0 saturated carbocycles. The van der Waals surface area contributed by atoms with Gasteiger partial charge in [0.1, 0.15) is 6.04 Å². The van der Waals surface area contributed by atoms with Gasteiger partial charge in [-0.05, 0) is 37.5 Å². The second-order valence-electron chi connectivity index (χ2n) is 8.74. The van der Waals surface area contributed by atoms with Crippen LogP contribution in [0.25, 0.3) is 0 Å². The van der Waals surface area contributed by atoms with Crippen molar-refractivity contribution in [1.82, 2.24) is 16.0 Å². The third-order valence-electron chi connectivity index (χ3n) is 5.20. The molecule has 0 bridgehead atoms. The summed E-state index contributed by atoms with van der Waals surface area (Å²) in [6.45, 7) is 8.66. The van der Waals surface area contributed by atoms with Gasteiger partial charge in [0, 0.05) is 20.0 Å². The minimum absolute atomic E-state index is 0.170. The Hall–Kier alpha value is -1.81. The summed E-state index contributed by atoms with van der Waals surface area (Å²) in [5.74, 6) is -0.434. The van der Waals surface area contributed by atoms with Crippen LogP contribution in [0.2, 0.25) is 0 Å². The molecule has 0 fully saturated rings. The largest absolute Gasteiger partial charge is 0.475 e. The first-order valence-electron chi connectivity index (χ1n) is 11.5. The zero-order valence-corrected chi connectivity index (χ0v) is 20.0. The van der Waals surface area contributed by atoms with E-state index in [0.29, 0.717) is 44.1 Å². The van der Waals surface area contributed by atoms with E-state index in [0.717, 1.165) is 25.7 Å². The number of carbonyl (C=O) groups is 2. The molecule has 0 aromatic carbocycles. The summed E-state index contributed by atoms with van der Waals surface area (Å²) < 4.78 is 0. The normalized spacial score (nSPS) is 14.6. The first-order valence-corrected chi connectivity index (χ1v) is 11.5. The van der Waals surface area contributed by atoms with Gasteiger partial charge in [0.15, 0.2) is 5.96 Å². The standard InChI is InChI=1S/C21H44BN5O4/c1-6-7-9-16(4)11-12-19(28)26-17(10-8-13-25-21(23)24-5)20(29)27-18(22(30)31)14-15(2)3/h15-18,30-31H,6-14H2,1-5H3,(H,26,28)(H,27,29)(H3,23,24,25)/t16?,17-,18-/m0/s1. The van der Waals surface area contributed by atoms with Crippen LogP contribution in [0.4, 0.5) is 0 Å². The van der Waals surface area contributed by atoms with Crippen molar-refractivity contribution in [2.75, 3.05) is 13.6 Å². The van der Waals surface area contributed by atoms with Gasteiger partial charge in [-0.3, -0.25) is 14.6 Å². The molecular weight excluding hydrogens is 397 g/mol. The maximum absolute atomic E-state index is 12.8. The van der Waals surface area contributed by atoms with Gasteiger partial charge in [-0.1, -0.05) is 47.0 Å². The Kier molecular flexibility index (Phi) is 15.9. The van der Waals surface area contributed by atoms with Crippen LogP contribution in [0.3, 0.4) is 0 Å². The molecule has 0 saturated heterocycles. The van der Waals surface area contributed by atoms with E-state index in [2.05, 4.69) is 34.8 Å². The summed E-state index contributed by atoms with van der Waals surface area (Å²) in [4.78, 5) is 29.1. The highest BCUT2D eigenvalue weighted by Crippen LogP contribution is 2.14. The lowest BCUT2D eigenvalue weighted by atomic mass is 9.75. The number of nitrogens with one attached hydrogen (secondary N) is 3. The summed E-state index contributed by atoms with van der Waals surface area (Å²) in [7, 11) is -0.0839. The van der Waals surface area contributed by atoms with Crippen LogP contribution in [-0.2, 0) is 9.59 Å². The molecule has 0 heterocycles. The molecule has 10 heteroatoms. The molecule has 7 N–H and O–H groups in total. The molecule has 0 aliphatic heterocycles. The Morgan fingerprint density at radius 2 is 1.74 bits per heavy atom. The van der Waals surface area contributed by atoms with Crippen LogP contribution in [0, 0.1) is 11.8 Å². The third-order valence-corrected chi connectivity index (χ3v) is 5.20. The van der Waals surface area contributed by atoms with Gasteiger partial charge in [0.2, 0.25) is 11.8 Å². The van der Waals surface area contributed by atoms with E-state index < -0.39 is 25.0 Å². The van der Waals surface area contributed by atoms with E-state index >= 15 is 0 Å². The number of aliphatic imine (C=N–C) groups is 1. The van der Waals surface area contributed by atoms with Crippen LogP contribution < -0.4 is 21.7 Å². The molecule has 0 rings (SSSR count). The zero-order chi connectivity index (χ0) is 23.8. The highest BCUT2D eigenvalue weighted by molar-refractivity contribution is 6.43.